The monoisotopic (exact) mass is 201 g/mol. The molecular weight excluding hydrogens is 197 g/mol. The number of hydrogen-bond acceptors (Lipinski definition) is 1. The van der Waals surface area contributed by atoms with Crippen molar-refractivity contribution in [3.05, 3.63) is 35.2 Å². The average molecular weight is 201 g/mol. The van der Waals surface area contributed by atoms with E-state index in [2.05, 4.69) is 5.38 Å². The minimum atomic E-state index is -4.29. The zero-order chi connectivity index (χ0) is 9.47. The molecule has 0 aliphatic carbocycles. The molecule has 1 heterocycles. The molecule has 0 spiro atoms. The van der Waals surface area contributed by atoms with Crippen molar-refractivity contribution >= 4 is 21.4 Å². The SMILES string of the molecule is FC(F)(F)c1[c]sc2ccccc12. The third-order valence-corrected chi connectivity index (χ3v) is 2.59. The highest BCUT2D eigenvalue weighted by molar-refractivity contribution is 7.16. The first-order chi connectivity index (χ1) is 6.09. The lowest BCUT2D eigenvalue weighted by Crippen LogP contribution is -2.03. The van der Waals surface area contributed by atoms with Gasteiger partial charge in [-0.1, -0.05) is 18.2 Å². The molecule has 67 valence electrons. The van der Waals surface area contributed by atoms with Crippen molar-refractivity contribution in [1.29, 1.82) is 0 Å². The number of benzene rings is 1. The lowest BCUT2D eigenvalue weighted by atomic mass is 10.2. The predicted molar refractivity (Wildman–Crippen MR) is 45.7 cm³/mol. The first-order valence-electron chi connectivity index (χ1n) is 3.55. The van der Waals surface area contributed by atoms with E-state index >= 15 is 0 Å². The van der Waals surface area contributed by atoms with Crippen molar-refractivity contribution in [3.8, 4) is 0 Å². The molecule has 2 rings (SSSR count). The maximum atomic E-state index is 12.3. The van der Waals surface area contributed by atoms with Gasteiger partial charge in [0, 0.05) is 10.1 Å². The van der Waals surface area contributed by atoms with Crippen LogP contribution in [-0.2, 0) is 6.18 Å². The Morgan fingerprint density at radius 2 is 1.85 bits per heavy atom. The van der Waals surface area contributed by atoms with Crippen molar-refractivity contribution in [3.63, 3.8) is 0 Å². The van der Waals surface area contributed by atoms with Gasteiger partial charge >= 0.3 is 6.18 Å². The van der Waals surface area contributed by atoms with E-state index < -0.39 is 11.7 Å². The molecule has 0 unspecified atom stereocenters. The Labute approximate surface area is 76.6 Å². The lowest BCUT2D eigenvalue weighted by Gasteiger charge is -2.02. The van der Waals surface area contributed by atoms with E-state index in [4.69, 9.17) is 0 Å². The van der Waals surface area contributed by atoms with Gasteiger partial charge in [-0.15, -0.1) is 11.3 Å². The largest absolute Gasteiger partial charge is 0.418 e. The van der Waals surface area contributed by atoms with Gasteiger partial charge in [0.2, 0.25) is 0 Å². The summed E-state index contributed by atoms with van der Waals surface area (Å²) in [5.41, 5.74) is -0.659. The molecule has 0 saturated carbocycles. The molecule has 13 heavy (non-hydrogen) atoms. The number of fused-ring (bicyclic) bond motifs is 1. The second-order valence-electron chi connectivity index (χ2n) is 2.57. The van der Waals surface area contributed by atoms with Gasteiger partial charge in [-0.2, -0.15) is 13.2 Å². The fourth-order valence-corrected chi connectivity index (χ4v) is 2.00. The smallest absolute Gasteiger partial charge is 0.166 e. The molecule has 0 amide bonds. The van der Waals surface area contributed by atoms with E-state index in [0.29, 0.717) is 4.70 Å². The van der Waals surface area contributed by atoms with Gasteiger partial charge in [0.05, 0.1) is 10.9 Å². The van der Waals surface area contributed by atoms with Gasteiger partial charge in [0.15, 0.2) is 0 Å². The standard InChI is InChI=1S/C9H4F3S/c10-9(11,12)7-5-13-8-4-2-1-3-6(7)8/h1-4H. The quantitative estimate of drug-likeness (QED) is 0.609. The molecule has 0 saturated heterocycles. The molecule has 0 atom stereocenters. The fourth-order valence-electron chi connectivity index (χ4n) is 1.13. The molecule has 0 aliphatic heterocycles. The van der Waals surface area contributed by atoms with Gasteiger partial charge in [-0.3, -0.25) is 0 Å². The molecule has 1 aromatic carbocycles. The Bertz CT molecular complexity index is 428. The van der Waals surface area contributed by atoms with Crippen LogP contribution in [0.5, 0.6) is 0 Å². The summed E-state index contributed by atoms with van der Waals surface area (Å²) in [6.45, 7) is 0. The number of hydrogen-bond donors (Lipinski definition) is 0. The van der Waals surface area contributed by atoms with Crippen molar-refractivity contribution < 1.29 is 13.2 Å². The van der Waals surface area contributed by atoms with Crippen LogP contribution in [0, 0.1) is 5.38 Å². The van der Waals surface area contributed by atoms with E-state index in [0.717, 1.165) is 11.3 Å². The Morgan fingerprint density at radius 3 is 2.54 bits per heavy atom. The maximum absolute atomic E-state index is 12.3. The zero-order valence-corrected chi connectivity index (χ0v) is 7.17. The fraction of sp³-hybridized carbons (Fsp3) is 0.111. The highest BCUT2D eigenvalue weighted by Gasteiger charge is 2.33. The topological polar surface area (TPSA) is 0 Å². The molecule has 0 bridgehead atoms. The van der Waals surface area contributed by atoms with Crippen LogP contribution < -0.4 is 0 Å². The summed E-state index contributed by atoms with van der Waals surface area (Å²) in [5.74, 6) is 0. The Hall–Kier alpha value is -1.03. The summed E-state index contributed by atoms with van der Waals surface area (Å²) in [5, 5.41) is 2.51. The third kappa shape index (κ3) is 1.42. The van der Waals surface area contributed by atoms with Crippen molar-refractivity contribution in [2.75, 3.05) is 0 Å². The predicted octanol–water partition coefficient (Wildman–Crippen LogP) is 3.72. The van der Waals surface area contributed by atoms with Crippen LogP contribution in [0.15, 0.2) is 24.3 Å². The van der Waals surface area contributed by atoms with Crippen molar-refractivity contribution in [2.45, 2.75) is 6.18 Å². The van der Waals surface area contributed by atoms with Crippen molar-refractivity contribution in [1.82, 2.24) is 0 Å². The molecule has 0 N–H and O–H groups in total. The van der Waals surface area contributed by atoms with E-state index in [1.807, 2.05) is 0 Å². The van der Waals surface area contributed by atoms with E-state index in [-0.39, 0.29) is 5.39 Å². The Kier molecular flexibility index (Phi) is 1.80. The van der Waals surface area contributed by atoms with Gasteiger partial charge in [-0.05, 0) is 6.07 Å². The lowest BCUT2D eigenvalue weighted by molar-refractivity contribution is -0.136. The summed E-state index contributed by atoms with van der Waals surface area (Å²) >= 11 is 0.996. The maximum Gasteiger partial charge on any atom is 0.418 e. The van der Waals surface area contributed by atoms with Crippen LogP contribution in [0.2, 0.25) is 0 Å². The normalized spacial score (nSPS) is 12.2. The van der Waals surface area contributed by atoms with Crippen LogP contribution in [0.4, 0.5) is 13.2 Å². The van der Waals surface area contributed by atoms with E-state index in [1.165, 1.54) is 6.07 Å². The molecule has 4 heteroatoms. The molecule has 2 aromatic rings. The molecular formula is C9H4F3S. The third-order valence-electron chi connectivity index (χ3n) is 1.70. The molecule has 0 fully saturated rings. The van der Waals surface area contributed by atoms with Gasteiger partial charge in [-0.25, -0.2) is 0 Å². The molecule has 1 radical (unpaired) electrons. The summed E-state index contributed by atoms with van der Waals surface area (Å²) in [6, 6.07) is 6.43. The first-order valence-corrected chi connectivity index (χ1v) is 4.37. The van der Waals surface area contributed by atoms with E-state index in [9.17, 15) is 13.2 Å². The summed E-state index contributed by atoms with van der Waals surface area (Å²) in [7, 11) is 0. The molecule has 0 nitrogen and oxygen atoms in total. The minimum absolute atomic E-state index is 0.236. The second kappa shape index (κ2) is 2.73. The summed E-state index contributed by atoms with van der Waals surface area (Å²) in [4.78, 5) is 0. The number of thiophene rings is 1. The Balaban J connectivity index is 2.72. The highest BCUT2D eigenvalue weighted by atomic mass is 32.1. The van der Waals surface area contributed by atoms with Gasteiger partial charge < -0.3 is 0 Å². The van der Waals surface area contributed by atoms with Gasteiger partial charge in [0.1, 0.15) is 0 Å². The second-order valence-corrected chi connectivity index (χ2v) is 3.42. The molecule has 0 aliphatic rings. The first kappa shape index (κ1) is 8.56. The molecule has 1 aromatic heterocycles. The average Bonchev–Trinajstić information content (AvgIpc) is 2.45. The van der Waals surface area contributed by atoms with E-state index in [1.54, 1.807) is 18.2 Å². The van der Waals surface area contributed by atoms with Crippen molar-refractivity contribution in [2.24, 2.45) is 0 Å². The van der Waals surface area contributed by atoms with Crippen LogP contribution in [0.1, 0.15) is 5.56 Å². The van der Waals surface area contributed by atoms with Crippen LogP contribution >= 0.6 is 11.3 Å². The highest BCUT2D eigenvalue weighted by Crippen LogP contribution is 2.37. The summed E-state index contributed by atoms with van der Waals surface area (Å²) in [6.07, 6.45) is -4.29. The number of rotatable bonds is 0. The minimum Gasteiger partial charge on any atom is -0.166 e. The summed E-state index contributed by atoms with van der Waals surface area (Å²) < 4.78 is 37.6. The number of alkyl halides is 3. The number of halogens is 3. The Morgan fingerprint density at radius 1 is 1.15 bits per heavy atom. The van der Waals surface area contributed by atoms with Crippen LogP contribution in [0.3, 0.4) is 0 Å². The van der Waals surface area contributed by atoms with Gasteiger partial charge in [0.25, 0.3) is 0 Å². The van der Waals surface area contributed by atoms with Crippen LogP contribution in [-0.4, -0.2) is 0 Å². The van der Waals surface area contributed by atoms with Crippen LogP contribution in [0.25, 0.3) is 10.1 Å². The zero-order valence-electron chi connectivity index (χ0n) is 6.35.